The van der Waals surface area contributed by atoms with Crippen molar-refractivity contribution in [2.24, 2.45) is 0 Å². The van der Waals surface area contributed by atoms with E-state index in [1.807, 2.05) is 57.2 Å². The van der Waals surface area contributed by atoms with Crippen molar-refractivity contribution >= 4 is 17.6 Å². The van der Waals surface area contributed by atoms with E-state index in [1.165, 1.54) is 0 Å². The molecular formula is C22H25NO4. The lowest BCUT2D eigenvalue weighted by molar-refractivity contribution is -0.122. The number of esters is 1. The van der Waals surface area contributed by atoms with Gasteiger partial charge in [0, 0.05) is 11.7 Å². The van der Waals surface area contributed by atoms with E-state index in [1.54, 1.807) is 17.0 Å². The van der Waals surface area contributed by atoms with Gasteiger partial charge in [-0.2, -0.15) is 0 Å². The predicted octanol–water partition coefficient (Wildman–Crippen LogP) is 3.75. The van der Waals surface area contributed by atoms with Gasteiger partial charge < -0.3 is 14.4 Å². The van der Waals surface area contributed by atoms with E-state index in [-0.39, 0.29) is 24.7 Å². The summed E-state index contributed by atoms with van der Waals surface area (Å²) in [6, 6.07) is 14.9. The summed E-state index contributed by atoms with van der Waals surface area (Å²) < 4.78 is 10.8. The zero-order valence-electron chi connectivity index (χ0n) is 16.0. The number of anilines is 1. The maximum atomic E-state index is 12.6. The van der Waals surface area contributed by atoms with Crippen LogP contribution in [0.3, 0.4) is 0 Å². The van der Waals surface area contributed by atoms with E-state index in [0.29, 0.717) is 12.2 Å². The first kappa shape index (κ1) is 19.1. The highest BCUT2D eigenvalue weighted by molar-refractivity contribution is 5.99. The number of nitrogens with zero attached hydrogens (tertiary/aromatic N) is 1. The molecule has 2 aromatic carbocycles. The average molecular weight is 367 g/mol. The van der Waals surface area contributed by atoms with Crippen molar-refractivity contribution in [1.29, 1.82) is 0 Å². The van der Waals surface area contributed by atoms with Crippen molar-refractivity contribution in [3.63, 3.8) is 0 Å². The van der Waals surface area contributed by atoms with E-state index < -0.39 is 5.97 Å². The van der Waals surface area contributed by atoms with Gasteiger partial charge in [-0.05, 0) is 56.5 Å². The molecule has 3 rings (SSSR count). The lowest BCUT2D eigenvalue weighted by Gasteiger charge is -2.22. The van der Waals surface area contributed by atoms with Crippen LogP contribution in [0.1, 0.15) is 42.3 Å². The molecule has 142 valence electrons. The minimum Gasteiger partial charge on any atom is -0.452 e. The molecule has 0 radical (unpaired) electrons. The van der Waals surface area contributed by atoms with Crippen LogP contribution in [0.25, 0.3) is 0 Å². The Morgan fingerprint density at radius 2 is 1.81 bits per heavy atom. The molecule has 1 aliphatic rings. The molecular weight excluding hydrogens is 342 g/mol. The van der Waals surface area contributed by atoms with Gasteiger partial charge in [0.15, 0.2) is 6.61 Å². The molecule has 5 nitrogen and oxygen atoms in total. The fraction of sp³-hybridized carbons (Fsp3) is 0.364. The molecule has 27 heavy (non-hydrogen) atoms. The number of fused-ring (bicyclic) bond motifs is 1. The summed E-state index contributed by atoms with van der Waals surface area (Å²) in [4.78, 5) is 26.6. The van der Waals surface area contributed by atoms with Gasteiger partial charge in [0.25, 0.3) is 5.91 Å². The molecule has 0 unspecified atom stereocenters. The van der Waals surface area contributed by atoms with Crippen LogP contribution < -0.4 is 4.90 Å². The van der Waals surface area contributed by atoms with Crippen LogP contribution in [-0.4, -0.2) is 30.6 Å². The van der Waals surface area contributed by atoms with Crippen molar-refractivity contribution in [2.75, 3.05) is 11.5 Å². The molecule has 0 saturated carbocycles. The number of carbonyl (C=O) groups is 2. The lowest BCUT2D eigenvalue weighted by atomic mass is 10.1. The fourth-order valence-corrected chi connectivity index (χ4v) is 3.23. The topological polar surface area (TPSA) is 55.8 Å². The summed E-state index contributed by atoms with van der Waals surface area (Å²) in [5.41, 5.74) is 3.45. The zero-order chi connectivity index (χ0) is 19.4. The SMILES string of the molecule is CC(C)OCc1ccc(C(=O)OCC(=O)N2c3ccccc3C[C@@H]2C)cc1. The summed E-state index contributed by atoms with van der Waals surface area (Å²) in [6.45, 7) is 6.18. The van der Waals surface area contributed by atoms with Gasteiger partial charge in [-0.3, -0.25) is 4.79 Å². The van der Waals surface area contributed by atoms with E-state index in [9.17, 15) is 9.59 Å². The Labute approximate surface area is 159 Å². The van der Waals surface area contributed by atoms with Crippen molar-refractivity contribution in [3.05, 3.63) is 65.2 Å². The molecule has 1 heterocycles. The number of benzene rings is 2. The lowest BCUT2D eigenvalue weighted by Crippen LogP contribution is -2.38. The minimum atomic E-state index is -0.500. The van der Waals surface area contributed by atoms with E-state index in [0.717, 1.165) is 23.2 Å². The second kappa shape index (κ2) is 8.35. The third-order valence-corrected chi connectivity index (χ3v) is 4.58. The molecule has 0 aromatic heterocycles. The molecule has 0 fully saturated rings. The van der Waals surface area contributed by atoms with Crippen molar-refractivity contribution in [2.45, 2.75) is 45.9 Å². The van der Waals surface area contributed by atoms with Gasteiger partial charge in [0.2, 0.25) is 0 Å². The van der Waals surface area contributed by atoms with Gasteiger partial charge in [0.1, 0.15) is 0 Å². The van der Waals surface area contributed by atoms with Crippen molar-refractivity contribution in [1.82, 2.24) is 0 Å². The Hall–Kier alpha value is -2.66. The second-order valence-electron chi connectivity index (χ2n) is 7.08. The zero-order valence-corrected chi connectivity index (χ0v) is 16.0. The van der Waals surface area contributed by atoms with Crippen LogP contribution in [-0.2, 0) is 27.3 Å². The maximum Gasteiger partial charge on any atom is 0.338 e. The number of ether oxygens (including phenoxy) is 2. The summed E-state index contributed by atoms with van der Waals surface area (Å²) in [6.07, 6.45) is 0.967. The second-order valence-corrected chi connectivity index (χ2v) is 7.08. The minimum absolute atomic E-state index is 0.0637. The first-order valence-electron chi connectivity index (χ1n) is 9.23. The predicted molar refractivity (Wildman–Crippen MR) is 104 cm³/mol. The summed E-state index contributed by atoms with van der Waals surface area (Å²) in [5, 5.41) is 0. The molecule has 0 aliphatic carbocycles. The first-order chi connectivity index (χ1) is 13.0. The fourth-order valence-electron chi connectivity index (χ4n) is 3.23. The Morgan fingerprint density at radius 3 is 2.52 bits per heavy atom. The first-order valence-corrected chi connectivity index (χ1v) is 9.23. The normalized spacial score (nSPS) is 15.7. The Bertz CT molecular complexity index is 813. The highest BCUT2D eigenvalue weighted by Crippen LogP contribution is 2.31. The largest absolute Gasteiger partial charge is 0.452 e. The van der Waals surface area contributed by atoms with Crippen LogP contribution in [0.5, 0.6) is 0 Å². The van der Waals surface area contributed by atoms with Crippen LogP contribution in [0.4, 0.5) is 5.69 Å². The number of rotatable bonds is 6. The molecule has 0 bridgehead atoms. The van der Waals surface area contributed by atoms with Gasteiger partial charge in [-0.15, -0.1) is 0 Å². The van der Waals surface area contributed by atoms with Crippen LogP contribution >= 0.6 is 0 Å². The number of carbonyl (C=O) groups excluding carboxylic acids is 2. The standard InChI is InChI=1S/C22H25NO4/c1-15(2)26-13-17-8-10-18(11-9-17)22(25)27-14-21(24)23-16(3)12-19-6-4-5-7-20(19)23/h4-11,15-16H,12-14H2,1-3H3/t16-/m0/s1. The summed E-state index contributed by atoms with van der Waals surface area (Å²) in [5.74, 6) is -0.706. The molecule has 0 saturated heterocycles. The number of hydrogen-bond acceptors (Lipinski definition) is 4. The smallest absolute Gasteiger partial charge is 0.338 e. The Balaban J connectivity index is 1.57. The third kappa shape index (κ3) is 4.55. The van der Waals surface area contributed by atoms with Gasteiger partial charge in [0.05, 0.1) is 18.3 Å². The van der Waals surface area contributed by atoms with E-state index in [4.69, 9.17) is 9.47 Å². The monoisotopic (exact) mass is 367 g/mol. The third-order valence-electron chi connectivity index (χ3n) is 4.58. The number of hydrogen-bond donors (Lipinski definition) is 0. The highest BCUT2D eigenvalue weighted by Gasteiger charge is 2.31. The van der Waals surface area contributed by atoms with Gasteiger partial charge in [-0.25, -0.2) is 4.79 Å². The van der Waals surface area contributed by atoms with E-state index >= 15 is 0 Å². The highest BCUT2D eigenvalue weighted by atomic mass is 16.5. The van der Waals surface area contributed by atoms with Crippen molar-refractivity contribution < 1.29 is 19.1 Å². The Morgan fingerprint density at radius 1 is 1.11 bits per heavy atom. The quantitative estimate of drug-likeness (QED) is 0.730. The Kier molecular flexibility index (Phi) is 5.91. The van der Waals surface area contributed by atoms with E-state index in [2.05, 4.69) is 0 Å². The molecule has 0 spiro atoms. The molecule has 5 heteroatoms. The summed E-state index contributed by atoms with van der Waals surface area (Å²) >= 11 is 0. The number of para-hydroxylation sites is 1. The number of amides is 1. The van der Waals surface area contributed by atoms with Crippen molar-refractivity contribution in [3.8, 4) is 0 Å². The average Bonchev–Trinajstić information content (AvgIpc) is 3.00. The molecule has 1 atom stereocenters. The molecule has 0 N–H and O–H groups in total. The van der Waals surface area contributed by atoms with Gasteiger partial charge in [-0.1, -0.05) is 30.3 Å². The van der Waals surface area contributed by atoms with Crippen LogP contribution in [0.15, 0.2) is 48.5 Å². The van der Waals surface area contributed by atoms with Crippen LogP contribution in [0, 0.1) is 0 Å². The molecule has 1 aliphatic heterocycles. The van der Waals surface area contributed by atoms with Crippen LogP contribution in [0.2, 0.25) is 0 Å². The summed E-state index contributed by atoms with van der Waals surface area (Å²) in [7, 11) is 0. The molecule has 2 aromatic rings. The molecule has 1 amide bonds. The van der Waals surface area contributed by atoms with Gasteiger partial charge >= 0.3 is 5.97 Å². The maximum absolute atomic E-state index is 12.6.